The molecule has 1 aromatic rings. The van der Waals surface area contributed by atoms with Crippen molar-refractivity contribution >= 4 is 11.6 Å². The van der Waals surface area contributed by atoms with E-state index in [-0.39, 0.29) is 18.0 Å². The van der Waals surface area contributed by atoms with Crippen molar-refractivity contribution < 1.29 is 9.53 Å². The predicted octanol–water partition coefficient (Wildman–Crippen LogP) is 1.89. The largest absolute Gasteiger partial charge is 0.495 e. The van der Waals surface area contributed by atoms with Crippen LogP contribution < -0.4 is 15.4 Å². The lowest BCUT2D eigenvalue weighted by molar-refractivity contribution is -0.120. The van der Waals surface area contributed by atoms with Crippen LogP contribution in [0, 0.1) is 11.3 Å². The Hall–Kier alpha value is -2.22. The summed E-state index contributed by atoms with van der Waals surface area (Å²) in [5.41, 5.74) is 0.705. The highest BCUT2D eigenvalue weighted by atomic mass is 16.5. The second-order valence-electron chi connectivity index (χ2n) is 5.15. The number of ether oxygens (including phenoxy) is 1. The fourth-order valence-electron chi connectivity index (χ4n) is 1.61. The van der Waals surface area contributed by atoms with Crippen LogP contribution in [0.25, 0.3) is 0 Å². The van der Waals surface area contributed by atoms with E-state index in [1.54, 1.807) is 18.2 Å². The molecule has 0 spiro atoms. The summed E-state index contributed by atoms with van der Waals surface area (Å²) in [6.07, 6.45) is 0. The van der Waals surface area contributed by atoms with Gasteiger partial charge in [-0.1, -0.05) is 6.07 Å². The van der Waals surface area contributed by atoms with Crippen molar-refractivity contribution in [3.05, 3.63) is 23.8 Å². The molecule has 5 heteroatoms. The summed E-state index contributed by atoms with van der Waals surface area (Å²) < 4.78 is 5.18. The zero-order valence-corrected chi connectivity index (χ0v) is 11.7. The van der Waals surface area contributed by atoms with Crippen molar-refractivity contribution in [3.63, 3.8) is 0 Å². The summed E-state index contributed by atoms with van der Waals surface area (Å²) in [4.78, 5) is 11.7. The lowest BCUT2D eigenvalue weighted by atomic mass is 10.1. The van der Waals surface area contributed by atoms with E-state index < -0.39 is 0 Å². The molecule has 5 nitrogen and oxygen atoms in total. The number of hydrogen-bond acceptors (Lipinski definition) is 4. The number of nitriles is 1. The van der Waals surface area contributed by atoms with E-state index >= 15 is 0 Å². The molecule has 0 aliphatic carbocycles. The van der Waals surface area contributed by atoms with Crippen LogP contribution in [0.15, 0.2) is 18.2 Å². The molecular formula is C14H19N3O2. The number of benzene rings is 1. The van der Waals surface area contributed by atoms with Gasteiger partial charge in [-0.15, -0.1) is 0 Å². The summed E-state index contributed by atoms with van der Waals surface area (Å²) in [7, 11) is 1.52. The van der Waals surface area contributed by atoms with Gasteiger partial charge in [0, 0.05) is 5.54 Å². The van der Waals surface area contributed by atoms with Crippen molar-refractivity contribution in [1.29, 1.82) is 5.26 Å². The number of methoxy groups -OCH3 is 1. The number of rotatable bonds is 4. The number of amides is 1. The van der Waals surface area contributed by atoms with Gasteiger partial charge in [0.25, 0.3) is 0 Å². The third-order valence-corrected chi connectivity index (χ3v) is 2.31. The van der Waals surface area contributed by atoms with Crippen LogP contribution in [0.1, 0.15) is 26.3 Å². The highest BCUT2D eigenvalue weighted by Crippen LogP contribution is 2.27. The molecule has 1 rings (SSSR count). The molecule has 0 heterocycles. The molecule has 0 unspecified atom stereocenters. The Morgan fingerprint density at radius 3 is 2.63 bits per heavy atom. The van der Waals surface area contributed by atoms with Crippen LogP contribution >= 0.6 is 0 Å². The number of carbonyl (C=O) groups is 1. The molecule has 0 aliphatic rings. The van der Waals surface area contributed by atoms with Gasteiger partial charge in [-0.3, -0.25) is 4.79 Å². The Bertz CT molecular complexity index is 498. The van der Waals surface area contributed by atoms with Gasteiger partial charge < -0.3 is 15.4 Å². The van der Waals surface area contributed by atoms with Gasteiger partial charge in [0.1, 0.15) is 11.8 Å². The monoisotopic (exact) mass is 261 g/mol. The van der Waals surface area contributed by atoms with Gasteiger partial charge in [-0.2, -0.15) is 5.26 Å². The molecule has 0 bridgehead atoms. The quantitative estimate of drug-likeness (QED) is 0.868. The Balaban J connectivity index is 2.78. The zero-order valence-electron chi connectivity index (χ0n) is 11.7. The number of para-hydroxylation sites is 1. The molecular weight excluding hydrogens is 242 g/mol. The van der Waals surface area contributed by atoms with Crippen LogP contribution in [-0.4, -0.2) is 25.1 Å². The molecule has 0 radical (unpaired) electrons. The van der Waals surface area contributed by atoms with Crippen molar-refractivity contribution in [2.45, 2.75) is 26.3 Å². The van der Waals surface area contributed by atoms with Gasteiger partial charge in [-0.05, 0) is 32.9 Å². The van der Waals surface area contributed by atoms with E-state index in [4.69, 9.17) is 10.00 Å². The Morgan fingerprint density at radius 1 is 1.42 bits per heavy atom. The van der Waals surface area contributed by atoms with E-state index in [0.717, 1.165) is 0 Å². The van der Waals surface area contributed by atoms with Crippen molar-refractivity contribution in [3.8, 4) is 11.8 Å². The van der Waals surface area contributed by atoms with E-state index in [1.807, 2.05) is 20.8 Å². The van der Waals surface area contributed by atoms with E-state index in [2.05, 4.69) is 16.7 Å². The second kappa shape index (κ2) is 6.10. The first-order chi connectivity index (χ1) is 8.87. The summed E-state index contributed by atoms with van der Waals surface area (Å²) in [5, 5.41) is 14.8. The van der Waals surface area contributed by atoms with Crippen LogP contribution in [0.3, 0.4) is 0 Å². The van der Waals surface area contributed by atoms with Crippen molar-refractivity contribution in [1.82, 2.24) is 5.32 Å². The molecule has 1 amide bonds. The maximum Gasteiger partial charge on any atom is 0.239 e. The van der Waals surface area contributed by atoms with Crippen LogP contribution in [0.4, 0.5) is 5.69 Å². The number of anilines is 1. The average molecular weight is 261 g/mol. The molecule has 0 atom stereocenters. The highest BCUT2D eigenvalue weighted by Gasteiger charge is 2.15. The van der Waals surface area contributed by atoms with Crippen LogP contribution in [0.2, 0.25) is 0 Å². The average Bonchev–Trinajstić information content (AvgIpc) is 2.33. The third-order valence-electron chi connectivity index (χ3n) is 2.31. The molecule has 0 aromatic heterocycles. The van der Waals surface area contributed by atoms with E-state index in [1.165, 1.54) is 7.11 Å². The first-order valence-corrected chi connectivity index (χ1v) is 5.99. The van der Waals surface area contributed by atoms with Gasteiger partial charge in [0.15, 0.2) is 0 Å². The third kappa shape index (κ3) is 4.51. The first kappa shape index (κ1) is 14.8. The fraction of sp³-hybridized carbons (Fsp3) is 0.429. The normalized spacial score (nSPS) is 10.5. The Morgan fingerprint density at radius 2 is 2.11 bits per heavy atom. The summed E-state index contributed by atoms with van der Waals surface area (Å²) >= 11 is 0. The van der Waals surface area contributed by atoms with E-state index in [0.29, 0.717) is 17.0 Å². The van der Waals surface area contributed by atoms with Gasteiger partial charge >= 0.3 is 0 Å². The molecule has 1 aromatic carbocycles. The van der Waals surface area contributed by atoms with Gasteiger partial charge in [0.05, 0.1) is 24.9 Å². The first-order valence-electron chi connectivity index (χ1n) is 5.99. The molecule has 0 saturated carbocycles. The standard InChI is InChI=1S/C14H19N3O2/c1-14(2,3)17-12(18)9-16-13-10(8-15)6-5-7-11(13)19-4/h5-7,16H,9H2,1-4H3,(H,17,18). The maximum absolute atomic E-state index is 11.7. The SMILES string of the molecule is COc1cccc(C#N)c1NCC(=O)NC(C)(C)C. The topological polar surface area (TPSA) is 74.1 Å². The highest BCUT2D eigenvalue weighted by molar-refractivity contribution is 5.82. The Labute approximate surface area is 113 Å². The summed E-state index contributed by atoms with van der Waals surface area (Å²) in [5.74, 6) is 0.407. The predicted molar refractivity (Wildman–Crippen MR) is 74.1 cm³/mol. The lowest BCUT2D eigenvalue weighted by Crippen LogP contribution is -2.43. The number of nitrogens with one attached hydrogen (secondary N) is 2. The lowest BCUT2D eigenvalue weighted by Gasteiger charge is -2.21. The molecule has 0 aliphatic heterocycles. The smallest absolute Gasteiger partial charge is 0.239 e. The van der Waals surface area contributed by atoms with Gasteiger partial charge in [0.2, 0.25) is 5.91 Å². The summed E-state index contributed by atoms with van der Waals surface area (Å²) in [6, 6.07) is 7.22. The number of hydrogen-bond donors (Lipinski definition) is 2. The minimum atomic E-state index is -0.280. The molecule has 0 fully saturated rings. The fourth-order valence-corrected chi connectivity index (χ4v) is 1.61. The second-order valence-corrected chi connectivity index (χ2v) is 5.15. The summed E-state index contributed by atoms with van der Waals surface area (Å²) in [6.45, 7) is 5.82. The molecule has 102 valence electrons. The maximum atomic E-state index is 11.7. The zero-order chi connectivity index (χ0) is 14.5. The number of carbonyl (C=O) groups excluding carboxylic acids is 1. The van der Waals surface area contributed by atoms with Crippen molar-refractivity contribution in [2.75, 3.05) is 19.0 Å². The van der Waals surface area contributed by atoms with Crippen LogP contribution in [0.5, 0.6) is 5.75 Å². The van der Waals surface area contributed by atoms with Gasteiger partial charge in [-0.25, -0.2) is 0 Å². The Kier molecular flexibility index (Phi) is 4.76. The minimum absolute atomic E-state index is 0.0896. The van der Waals surface area contributed by atoms with Crippen molar-refractivity contribution in [2.24, 2.45) is 0 Å². The molecule has 19 heavy (non-hydrogen) atoms. The molecule has 2 N–H and O–H groups in total. The molecule has 0 saturated heterocycles. The van der Waals surface area contributed by atoms with Crippen LogP contribution in [-0.2, 0) is 4.79 Å². The number of nitrogens with zero attached hydrogens (tertiary/aromatic N) is 1. The van der Waals surface area contributed by atoms with E-state index in [9.17, 15) is 4.79 Å². The minimum Gasteiger partial charge on any atom is -0.495 e.